The molecule has 0 aliphatic carbocycles. The maximum Gasteiger partial charge on any atom is 0.256 e. The van der Waals surface area contributed by atoms with E-state index >= 15 is 0 Å². The molecule has 4 heteroatoms. The molecule has 0 radical (unpaired) electrons. The van der Waals surface area contributed by atoms with Crippen LogP contribution in [0.3, 0.4) is 0 Å². The third kappa shape index (κ3) is 3.65. The standard InChI is InChI=1S/C23H19FN2O/c24-21-14-8-7-11-18(21)16-22-20(15-17-9-3-1-4-10-17)23(27)26(25-22)19-12-5-2-6-13-19/h1-14,20H,15-16H2. The first-order chi connectivity index (χ1) is 13.2. The predicted octanol–water partition coefficient (Wildman–Crippen LogP) is 4.63. The van der Waals surface area contributed by atoms with Gasteiger partial charge < -0.3 is 0 Å². The molecule has 1 unspecified atom stereocenters. The van der Waals surface area contributed by atoms with Crippen molar-refractivity contribution in [2.45, 2.75) is 12.8 Å². The maximum absolute atomic E-state index is 14.2. The first-order valence-electron chi connectivity index (χ1n) is 8.96. The van der Waals surface area contributed by atoms with Gasteiger partial charge in [0.1, 0.15) is 5.82 Å². The molecule has 27 heavy (non-hydrogen) atoms. The van der Waals surface area contributed by atoms with E-state index in [9.17, 15) is 9.18 Å². The molecule has 0 spiro atoms. The Balaban J connectivity index is 1.68. The van der Waals surface area contributed by atoms with Gasteiger partial charge in [0.05, 0.1) is 17.3 Å². The Morgan fingerprint density at radius 1 is 0.852 bits per heavy atom. The number of nitrogens with zero attached hydrogens (tertiary/aromatic N) is 2. The summed E-state index contributed by atoms with van der Waals surface area (Å²) in [5, 5.41) is 6.04. The number of benzene rings is 3. The number of hydrogen-bond donors (Lipinski definition) is 0. The monoisotopic (exact) mass is 358 g/mol. The third-order valence-electron chi connectivity index (χ3n) is 4.75. The van der Waals surface area contributed by atoms with Crippen LogP contribution in [0.15, 0.2) is 90.0 Å². The van der Waals surface area contributed by atoms with Crippen molar-refractivity contribution in [1.82, 2.24) is 0 Å². The number of anilines is 1. The summed E-state index contributed by atoms with van der Waals surface area (Å²) in [6.07, 6.45) is 0.871. The van der Waals surface area contributed by atoms with E-state index in [1.807, 2.05) is 60.7 Å². The van der Waals surface area contributed by atoms with Crippen LogP contribution in [-0.2, 0) is 17.6 Å². The Morgan fingerprint density at radius 2 is 1.48 bits per heavy atom. The first-order valence-corrected chi connectivity index (χ1v) is 8.96. The van der Waals surface area contributed by atoms with Gasteiger partial charge in [0.2, 0.25) is 0 Å². The fraction of sp³-hybridized carbons (Fsp3) is 0.130. The number of para-hydroxylation sites is 1. The van der Waals surface area contributed by atoms with Crippen molar-refractivity contribution in [3.05, 3.63) is 102 Å². The minimum atomic E-state index is -0.396. The Hall–Kier alpha value is -3.27. The van der Waals surface area contributed by atoms with E-state index in [4.69, 9.17) is 0 Å². The molecule has 1 aliphatic heterocycles. The van der Waals surface area contributed by atoms with Crippen LogP contribution in [0.1, 0.15) is 11.1 Å². The summed E-state index contributed by atoms with van der Waals surface area (Å²) in [7, 11) is 0. The summed E-state index contributed by atoms with van der Waals surface area (Å²) >= 11 is 0. The molecule has 0 aromatic heterocycles. The Bertz CT molecular complexity index is 970. The van der Waals surface area contributed by atoms with E-state index in [1.54, 1.807) is 18.2 Å². The van der Waals surface area contributed by atoms with E-state index in [0.717, 1.165) is 11.3 Å². The van der Waals surface area contributed by atoms with Gasteiger partial charge in [-0.2, -0.15) is 5.10 Å². The smallest absolute Gasteiger partial charge is 0.256 e. The fourth-order valence-electron chi connectivity index (χ4n) is 3.34. The second-order valence-electron chi connectivity index (χ2n) is 6.59. The van der Waals surface area contributed by atoms with Crippen molar-refractivity contribution in [1.29, 1.82) is 0 Å². The van der Waals surface area contributed by atoms with Crippen LogP contribution >= 0.6 is 0 Å². The molecule has 3 aromatic rings. The molecular weight excluding hydrogens is 339 g/mol. The van der Waals surface area contributed by atoms with Crippen molar-refractivity contribution in [3.8, 4) is 0 Å². The Labute approximate surface area is 157 Å². The number of amides is 1. The average Bonchev–Trinajstić information content (AvgIpc) is 3.01. The molecule has 1 amide bonds. The third-order valence-corrected chi connectivity index (χ3v) is 4.75. The van der Waals surface area contributed by atoms with Crippen molar-refractivity contribution >= 4 is 17.3 Å². The molecule has 3 aromatic carbocycles. The largest absolute Gasteiger partial charge is 0.272 e. The minimum absolute atomic E-state index is 0.0728. The average molecular weight is 358 g/mol. The highest BCUT2D eigenvalue weighted by atomic mass is 19.1. The van der Waals surface area contributed by atoms with Crippen molar-refractivity contribution in [3.63, 3.8) is 0 Å². The van der Waals surface area contributed by atoms with Gasteiger partial charge in [-0.1, -0.05) is 66.7 Å². The van der Waals surface area contributed by atoms with Gasteiger partial charge in [0.15, 0.2) is 0 Å². The normalized spacial score (nSPS) is 16.5. The van der Waals surface area contributed by atoms with Crippen molar-refractivity contribution in [2.24, 2.45) is 11.0 Å². The number of halogens is 1. The van der Waals surface area contributed by atoms with E-state index < -0.39 is 5.92 Å². The highest BCUT2D eigenvalue weighted by Gasteiger charge is 2.36. The number of hydrazone groups is 1. The summed E-state index contributed by atoms with van der Waals surface area (Å²) in [6.45, 7) is 0. The number of carbonyl (C=O) groups is 1. The summed E-state index contributed by atoms with van der Waals surface area (Å²) in [5.74, 6) is -0.743. The van der Waals surface area contributed by atoms with Crippen LogP contribution in [0.5, 0.6) is 0 Å². The van der Waals surface area contributed by atoms with Gasteiger partial charge in [-0.05, 0) is 35.7 Å². The Kier molecular flexibility index (Phi) is 4.79. The zero-order valence-electron chi connectivity index (χ0n) is 14.8. The lowest BCUT2D eigenvalue weighted by Crippen LogP contribution is -2.29. The van der Waals surface area contributed by atoms with Gasteiger partial charge in [-0.15, -0.1) is 0 Å². The number of rotatable bonds is 5. The van der Waals surface area contributed by atoms with Gasteiger partial charge in [-0.25, -0.2) is 9.40 Å². The van der Waals surface area contributed by atoms with Crippen LogP contribution in [0.25, 0.3) is 0 Å². The molecule has 0 N–H and O–H groups in total. The summed E-state index contributed by atoms with van der Waals surface area (Å²) < 4.78 is 14.2. The molecule has 0 saturated heterocycles. The quantitative estimate of drug-likeness (QED) is 0.654. The Morgan fingerprint density at radius 3 is 2.19 bits per heavy atom. The highest BCUT2D eigenvalue weighted by Crippen LogP contribution is 2.28. The van der Waals surface area contributed by atoms with E-state index in [-0.39, 0.29) is 11.7 Å². The molecule has 3 nitrogen and oxygen atoms in total. The molecule has 4 rings (SSSR count). The molecule has 1 atom stereocenters. The lowest BCUT2D eigenvalue weighted by Gasteiger charge is -2.14. The van der Waals surface area contributed by atoms with Gasteiger partial charge in [0, 0.05) is 6.42 Å². The topological polar surface area (TPSA) is 32.7 Å². The van der Waals surface area contributed by atoms with Crippen LogP contribution < -0.4 is 5.01 Å². The number of carbonyl (C=O) groups excluding carboxylic acids is 1. The second-order valence-corrected chi connectivity index (χ2v) is 6.59. The SMILES string of the molecule is O=C1C(Cc2ccccc2)C(Cc2ccccc2F)=NN1c1ccccc1. The lowest BCUT2D eigenvalue weighted by molar-refractivity contribution is -0.119. The number of hydrogen-bond acceptors (Lipinski definition) is 2. The van der Waals surface area contributed by atoms with Crippen molar-refractivity contribution < 1.29 is 9.18 Å². The van der Waals surface area contributed by atoms with E-state index in [0.29, 0.717) is 24.1 Å². The molecular formula is C23H19FN2O. The molecule has 1 aliphatic rings. The zero-order valence-corrected chi connectivity index (χ0v) is 14.8. The van der Waals surface area contributed by atoms with Gasteiger partial charge in [0.25, 0.3) is 5.91 Å². The molecule has 0 bridgehead atoms. The maximum atomic E-state index is 14.2. The molecule has 134 valence electrons. The van der Waals surface area contributed by atoms with E-state index in [2.05, 4.69) is 5.10 Å². The van der Waals surface area contributed by atoms with Crippen LogP contribution in [0.4, 0.5) is 10.1 Å². The highest BCUT2D eigenvalue weighted by molar-refractivity contribution is 6.16. The first kappa shape index (κ1) is 17.2. The van der Waals surface area contributed by atoms with Crippen molar-refractivity contribution in [2.75, 3.05) is 5.01 Å². The zero-order chi connectivity index (χ0) is 18.6. The van der Waals surface area contributed by atoms with Gasteiger partial charge in [-0.3, -0.25) is 4.79 Å². The summed E-state index contributed by atoms with van der Waals surface area (Å²) in [5.41, 5.74) is 3.03. The fourth-order valence-corrected chi connectivity index (χ4v) is 3.34. The molecule has 1 heterocycles. The molecule has 0 saturated carbocycles. The summed E-state index contributed by atoms with van der Waals surface area (Å²) in [6, 6.07) is 25.9. The van der Waals surface area contributed by atoms with Gasteiger partial charge >= 0.3 is 0 Å². The van der Waals surface area contributed by atoms with Crippen LogP contribution in [0, 0.1) is 11.7 Å². The van der Waals surface area contributed by atoms with E-state index in [1.165, 1.54) is 11.1 Å². The second kappa shape index (κ2) is 7.54. The van der Waals surface area contributed by atoms with Crippen LogP contribution in [-0.4, -0.2) is 11.6 Å². The summed E-state index contributed by atoms with van der Waals surface area (Å²) in [4.78, 5) is 13.1. The predicted molar refractivity (Wildman–Crippen MR) is 105 cm³/mol. The van der Waals surface area contributed by atoms with Crippen LogP contribution in [0.2, 0.25) is 0 Å². The molecule has 0 fully saturated rings. The minimum Gasteiger partial charge on any atom is -0.272 e. The lowest BCUT2D eigenvalue weighted by atomic mass is 9.91.